The first-order chi connectivity index (χ1) is 23.1. The maximum absolute atomic E-state index is 14.7. The molecule has 48 heavy (non-hydrogen) atoms. The molecular weight excluding hydrogens is 649 g/mol. The van der Waals surface area contributed by atoms with Crippen LogP contribution in [0.25, 0.3) is 22.0 Å². The number of nitrogens with zero attached hydrogens (tertiary/aromatic N) is 3. The molecule has 4 aromatic carbocycles. The highest BCUT2D eigenvalue weighted by Crippen LogP contribution is 2.54. The minimum atomic E-state index is -4.32. The summed E-state index contributed by atoms with van der Waals surface area (Å²) in [6.45, 7) is 1.83. The molecule has 10 nitrogen and oxygen atoms in total. The first-order valence-corrected chi connectivity index (χ1v) is 18.4. The first kappa shape index (κ1) is 30.3. The minimum absolute atomic E-state index is 0.0202. The summed E-state index contributed by atoms with van der Waals surface area (Å²) in [5.41, 5.74) is 5.48. The summed E-state index contributed by atoms with van der Waals surface area (Å²) >= 11 is 0. The van der Waals surface area contributed by atoms with E-state index in [1.165, 1.54) is 28.6 Å². The Bertz CT molecular complexity index is 2430. The van der Waals surface area contributed by atoms with Gasteiger partial charge in [-0.05, 0) is 48.7 Å². The van der Waals surface area contributed by atoms with Gasteiger partial charge in [0, 0.05) is 46.3 Å². The van der Waals surface area contributed by atoms with Gasteiger partial charge in [-0.1, -0.05) is 84.5 Å². The molecule has 1 aromatic heterocycles. The second kappa shape index (κ2) is 11.0. The number of sulfonamides is 2. The van der Waals surface area contributed by atoms with Crippen LogP contribution in [0.2, 0.25) is 0 Å². The quantitative estimate of drug-likeness (QED) is 0.165. The van der Waals surface area contributed by atoms with E-state index < -0.39 is 36.7 Å². The smallest absolute Gasteiger partial charge is 0.289 e. The lowest BCUT2D eigenvalue weighted by Gasteiger charge is -2.31. The molecule has 0 saturated carbocycles. The molecule has 242 valence electrons. The van der Waals surface area contributed by atoms with Crippen LogP contribution in [0, 0.1) is 17.0 Å². The van der Waals surface area contributed by atoms with E-state index in [1.807, 2.05) is 67.6 Å². The van der Waals surface area contributed by atoms with Gasteiger partial charge in [-0.15, -0.1) is 0 Å². The van der Waals surface area contributed by atoms with Crippen LogP contribution in [0.15, 0.2) is 119 Å². The van der Waals surface area contributed by atoms with Crippen molar-refractivity contribution >= 4 is 42.3 Å². The van der Waals surface area contributed by atoms with Gasteiger partial charge in [0.15, 0.2) is 4.90 Å². The zero-order chi connectivity index (χ0) is 33.4. The number of H-pyrrole nitrogens is 1. The molecule has 8 rings (SSSR count). The number of rotatable bonds is 5. The van der Waals surface area contributed by atoms with Crippen molar-refractivity contribution in [3.05, 3.63) is 142 Å². The van der Waals surface area contributed by atoms with E-state index in [-0.39, 0.29) is 35.2 Å². The van der Waals surface area contributed by atoms with E-state index in [1.54, 1.807) is 28.6 Å². The van der Waals surface area contributed by atoms with Crippen LogP contribution in [-0.2, 0) is 33.0 Å². The van der Waals surface area contributed by atoms with Crippen LogP contribution in [0.5, 0.6) is 0 Å². The van der Waals surface area contributed by atoms with Gasteiger partial charge in [0.2, 0.25) is 10.0 Å². The molecular formula is C36H30N4O6S2. The third kappa shape index (κ3) is 4.55. The fraction of sp³-hybridized carbons (Fsp3) is 0.167. The topological polar surface area (TPSA) is 134 Å². The number of aromatic amines is 1. The lowest BCUT2D eigenvalue weighted by molar-refractivity contribution is -0.387. The molecule has 2 atom stereocenters. The summed E-state index contributed by atoms with van der Waals surface area (Å²) in [7, 11) is -8.36. The molecule has 0 spiro atoms. The summed E-state index contributed by atoms with van der Waals surface area (Å²) in [5.74, 6) is -0.217. The predicted octanol–water partition coefficient (Wildman–Crippen LogP) is 6.59. The fourth-order valence-electron chi connectivity index (χ4n) is 7.28. The maximum Gasteiger partial charge on any atom is 0.289 e. The van der Waals surface area contributed by atoms with Crippen molar-refractivity contribution in [2.45, 2.75) is 41.6 Å². The number of fused-ring (bicyclic) bond motifs is 9. The van der Waals surface area contributed by atoms with E-state index in [0.29, 0.717) is 11.4 Å². The van der Waals surface area contributed by atoms with E-state index >= 15 is 0 Å². The lowest BCUT2D eigenvalue weighted by atomic mass is 9.86. The third-order valence-corrected chi connectivity index (χ3v) is 13.2. The highest BCUT2D eigenvalue weighted by Gasteiger charge is 2.46. The third-order valence-electron chi connectivity index (χ3n) is 9.51. The molecule has 12 heteroatoms. The van der Waals surface area contributed by atoms with Crippen molar-refractivity contribution in [2.75, 3.05) is 10.8 Å². The van der Waals surface area contributed by atoms with Gasteiger partial charge in [0.1, 0.15) is 0 Å². The number of para-hydroxylation sites is 2. The van der Waals surface area contributed by atoms with Crippen LogP contribution in [-0.4, -0.2) is 43.6 Å². The van der Waals surface area contributed by atoms with Gasteiger partial charge in [0.25, 0.3) is 15.7 Å². The zero-order valence-electron chi connectivity index (χ0n) is 25.8. The van der Waals surface area contributed by atoms with Crippen LogP contribution >= 0.6 is 0 Å². The molecule has 1 N–H and O–H groups in total. The highest BCUT2D eigenvalue weighted by atomic mass is 32.2. The number of nitrogens with one attached hydrogen (secondary N) is 1. The lowest BCUT2D eigenvalue weighted by Crippen LogP contribution is -2.38. The molecule has 0 radical (unpaired) electrons. The van der Waals surface area contributed by atoms with Gasteiger partial charge < -0.3 is 4.98 Å². The van der Waals surface area contributed by atoms with Gasteiger partial charge >= 0.3 is 0 Å². The second-order valence-corrected chi connectivity index (χ2v) is 16.0. The Hall–Kier alpha value is -5.04. The predicted molar refractivity (Wildman–Crippen MR) is 184 cm³/mol. The van der Waals surface area contributed by atoms with Crippen molar-refractivity contribution in [1.82, 2.24) is 9.29 Å². The van der Waals surface area contributed by atoms with E-state index in [9.17, 15) is 26.9 Å². The summed E-state index contributed by atoms with van der Waals surface area (Å²) in [6.07, 6.45) is 8.01. The Kier molecular flexibility index (Phi) is 6.95. The average Bonchev–Trinajstić information content (AvgIpc) is 3.61. The van der Waals surface area contributed by atoms with E-state index in [0.717, 1.165) is 38.7 Å². The SMILES string of the molecule is Cc1ccc(S(=O)(=O)N2c3c(ccc4c3-c3c([nH]c5ccccc35)CN(S(=O)(=O)c3ccccc3[N+](=O)[O-])CC4)C3C=CC=CC32)cc1. The molecule has 3 heterocycles. The van der Waals surface area contributed by atoms with Crippen LogP contribution in [0.1, 0.15) is 28.3 Å². The molecule has 0 bridgehead atoms. The summed E-state index contributed by atoms with van der Waals surface area (Å²) in [6, 6.07) is 23.3. The van der Waals surface area contributed by atoms with E-state index in [2.05, 4.69) is 4.98 Å². The Labute approximate surface area is 277 Å². The van der Waals surface area contributed by atoms with Crippen LogP contribution < -0.4 is 4.31 Å². The molecule has 5 aromatic rings. The molecule has 0 saturated heterocycles. The van der Waals surface area contributed by atoms with E-state index in [4.69, 9.17) is 0 Å². The molecule has 2 aliphatic heterocycles. The van der Waals surface area contributed by atoms with Gasteiger partial charge in [0.05, 0.1) is 28.1 Å². The Morgan fingerprint density at radius 2 is 1.56 bits per heavy atom. The monoisotopic (exact) mass is 678 g/mol. The number of anilines is 1. The Balaban J connectivity index is 1.37. The normalized spacial score (nSPS) is 18.9. The first-order valence-electron chi connectivity index (χ1n) is 15.5. The molecule has 3 aliphatic rings. The van der Waals surface area contributed by atoms with Crippen molar-refractivity contribution in [1.29, 1.82) is 0 Å². The van der Waals surface area contributed by atoms with Crippen molar-refractivity contribution in [3.8, 4) is 11.1 Å². The molecule has 2 unspecified atom stereocenters. The highest BCUT2D eigenvalue weighted by molar-refractivity contribution is 7.93. The van der Waals surface area contributed by atoms with Gasteiger partial charge in [-0.25, -0.2) is 16.8 Å². The standard InChI is InChI=1S/C36H30N4O6S2/c1-23-14-17-25(18-15-23)47(43,44)39-31-11-5-3-8-26(31)27-19-16-24-20-21-38(48(45,46)33-13-7-6-12-32(33)40(41)42)22-30-35(34(24)36(27)39)28-9-2-4-10-29(28)37-30/h2-19,26,31,37H,20-22H2,1H3. The summed E-state index contributed by atoms with van der Waals surface area (Å²) in [5, 5.41) is 12.7. The number of nitro benzene ring substituents is 1. The maximum atomic E-state index is 14.7. The Morgan fingerprint density at radius 3 is 2.35 bits per heavy atom. The van der Waals surface area contributed by atoms with Gasteiger partial charge in [-0.3, -0.25) is 14.4 Å². The van der Waals surface area contributed by atoms with Crippen molar-refractivity contribution in [2.24, 2.45) is 0 Å². The molecule has 1 aliphatic carbocycles. The fourth-order valence-corrected chi connectivity index (χ4v) is 10.5. The second-order valence-electron chi connectivity index (χ2n) is 12.3. The zero-order valence-corrected chi connectivity index (χ0v) is 27.4. The van der Waals surface area contributed by atoms with Crippen LogP contribution in [0.3, 0.4) is 0 Å². The number of nitro groups is 1. The van der Waals surface area contributed by atoms with Crippen molar-refractivity contribution < 1.29 is 21.8 Å². The van der Waals surface area contributed by atoms with Crippen molar-refractivity contribution in [3.63, 3.8) is 0 Å². The number of aryl methyl sites for hydroxylation is 1. The number of allylic oxidation sites excluding steroid dienone is 2. The average molecular weight is 679 g/mol. The van der Waals surface area contributed by atoms with Gasteiger partial charge in [-0.2, -0.15) is 4.31 Å². The summed E-state index contributed by atoms with van der Waals surface area (Å²) < 4.78 is 60.4. The largest absolute Gasteiger partial charge is 0.357 e. The minimum Gasteiger partial charge on any atom is -0.357 e. The van der Waals surface area contributed by atoms with Crippen LogP contribution in [0.4, 0.5) is 11.4 Å². The Morgan fingerprint density at radius 1 is 0.833 bits per heavy atom. The summed E-state index contributed by atoms with van der Waals surface area (Å²) in [4.78, 5) is 14.4. The number of hydrogen-bond donors (Lipinski definition) is 1. The number of aromatic nitrogens is 1. The molecule has 0 fully saturated rings. The molecule has 0 amide bonds. The number of benzene rings is 4. The number of hydrogen-bond acceptors (Lipinski definition) is 6.